The molecule has 0 spiro atoms. The lowest BCUT2D eigenvalue weighted by atomic mass is 10.2. The molecule has 2 N–H and O–H groups in total. The van der Waals surface area contributed by atoms with Crippen LogP contribution in [-0.4, -0.2) is 27.3 Å². The summed E-state index contributed by atoms with van der Waals surface area (Å²) in [5.41, 5.74) is 0.636. The maximum absolute atomic E-state index is 10.5. The van der Waals surface area contributed by atoms with E-state index in [1.165, 1.54) is 0 Å². The van der Waals surface area contributed by atoms with E-state index in [1.54, 1.807) is 30.3 Å². The number of rotatable bonds is 2. The highest BCUT2D eigenvalue weighted by atomic mass is 16.4. The van der Waals surface area contributed by atoms with Gasteiger partial charge in [-0.2, -0.15) is 0 Å². The molecule has 1 rings (SSSR count). The Morgan fingerprint density at radius 2 is 1.57 bits per heavy atom. The molecule has 1 aromatic carbocycles. The van der Waals surface area contributed by atoms with E-state index in [0.29, 0.717) is 10.5 Å². The van der Waals surface area contributed by atoms with Gasteiger partial charge in [-0.05, 0) is 5.56 Å². The summed E-state index contributed by atoms with van der Waals surface area (Å²) in [7, 11) is 0. The summed E-state index contributed by atoms with van der Waals surface area (Å²) in [5, 5.41) is 17.1. The second-order valence-electron chi connectivity index (χ2n) is 2.64. The monoisotopic (exact) mass is 195 g/mol. The first kappa shape index (κ1) is 10.0. The Bertz CT molecular complexity index is 322. The molecule has 0 aliphatic heterocycles. The first-order valence-corrected chi connectivity index (χ1v) is 3.88. The highest BCUT2D eigenvalue weighted by Crippen LogP contribution is 2.04. The Morgan fingerprint density at radius 3 is 2.00 bits per heavy atom. The number of amides is 2. The summed E-state index contributed by atoms with van der Waals surface area (Å²) >= 11 is 0. The fourth-order valence-electron chi connectivity index (χ4n) is 0.983. The van der Waals surface area contributed by atoms with Crippen molar-refractivity contribution in [2.45, 2.75) is 6.54 Å². The number of imide groups is 1. The molecule has 0 heterocycles. The van der Waals surface area contributed by atoms with E-state index < -0.39 is 12.2 Å². The molecule has 0 saturated heterocycles. The third kappa shape index (κ3) is 2.48. The molecular weight excluding hydrogens is 186 g/mol. The van der Waals surface area contributed by atoms with Gasteiger partial charge in [0, 0.05) is 0 Å². The molecule has 2 amide bonds. The SMILES string of the molecule is O=C(O)N(Cc1ccccc1)C(=O)O. The zero-order valence-electron chi connectivity index (χ0n) is 7.25. The van der Waals surface area contributed by atoms with Crippen LogP contribution in [0.5, 0.6) is 0 Å². The average molecular weight is 195 g/mol. The smallest absolute Gasteiger partial charge is 0.417 e. The molecule has 74 valence electrons. The topological polar surface area (TPSA) is 77.8 Å². The molecule has 5 nitrogen and oxygen atoms in total. The summed E-state index contributed by atoms with van der Waals surface area (Å²) in [4.78, 5) is 21.3. The number of hydrogen-bond donors (Lipinski definition) is 2. The second-order valence-corrected chi connectivity index (χ2v) is 2.64. The van der Waals surface area contributed by atoms with Crippen LogP contribution in [-0.2, 0) is 6.54 Å². The third-order valence-corrected chi connectivity index (χ3v) is 1.65. The van der Waals surface area contributed by atoms with E-state index in [4.69, 9.17) is 10.2 Å². The quantitative estimate of drug-likeness (QED) is 0.754. The van der Waals surface area contributed by atoms with Crippen molar-refractivity contribution in [1.29, 1.82) is 0 Å². The molecule has 14 heavy (non-hydrogen) atoms. The number of carbonyl (C=O) groups is 2. The molecule has 0 aliphatic rings. The van der Waals surface area contributed by atoms with Crippen molar-refractivity contribution in [3.63, 3.8) is 0 Å². The molecule has 0 radical (unpaired) electrons. The zero-order valence-corrected chi connectivity index (χ0v) is 7.25. The lowest BCUT2D eigenvalue weighted by Crippen LogP contribution is -2.33. The van der Waals surface area contributed by atoms with Crippen molar-refractivity contribution in [1.82, 2.24) is 4.90 Å². The van der Waals surface area contributed by atoms with Gasteiger partial charge in [0.2, 0.25) is 0 Å². The van der Waals surface area contributed by atoms with E-state index in [-0.39, 0.29) is 6.54 Å². The number of nitrogens with zero attached hydrogens (tertiary/aromatic N) is 1. The minimum Gasteiger partial charge on any atom is -0.465 e. The highest BCUT2D eigenvalue weighted by molar-refractivity contribution is 5.85. The van der Waals surface area contributed by atoms with E-state index in [0.717, 1.165) is 0 Å². The minimum atomic E-state index is -1.47. The van der Waals surface area contributed by atoms with Crippen molar-refractivity contribution in [3.05, 3.63) is 35.9 Å². The third-order valence-electron chi connectivity index (χ3n) is 1.65. The Morgan fingerprint density at radius 1 is 1.07 bits per heavy atom. The maximum atomic E-state index is 10.5. The number of carboxylic acid groups (broad SMARTS) is 2. The normalized spacial score (nSPS) is 9.43. The summed E-state index contributed by atoms with van der Waals surface area (Å²) in [5.74, 6) is 0. The molecule has 0 bridgehead atoms. The highest BCUT2D eigenvalue weighted by Gasteiger charge is 2.19. The first-order chi connectivity index (χ1) is 6.61. The van der Waals surface area contributed by atoms with Crippen LogP contribution < -0.4 is 0 Å². The Kier molecular flexibility index (Phi) is 3.06. The first-order valence-electron chi connectivity index (χ1n) is 3.88. The molecule has 0 unspecified atom stereocenters. The van der Waals surface area contributed by atoms with Crippen molar-refractivity contribution >= 4 is 12.2 Å². The molecule has 0 saturated carbocycles. The van der Waals surface area contributed by atoms with Crippen LogP contribution in [0.4, 0.5) is 9.59 Å². The van der Waals surface area contributed by atoms with Gasteiger partial charge in [0.1, 0.15) is 0 Å². The molecule has 0 aromatic heterocycles. The van der Waals surface area contributed by atoms with Crippen LogP contribution in [0.3, 0.4) is 0 Å². The van der Waals surface area contributed by atoms with E-state index >= 15 is 0 Å². The van der Waals surface area contributed by atoms with Gasteiger partial charge in [-0.1, -0.05) is 30.3 Å². The lowest BCUT2D eigenvalue weighted by Gasteiger charge is -2.12. The molecule has 0 fully saturated rings. The number of benzene rings is 1. The Labute approximate surface area is 80.2 Å². The van der Waals surface area contributed by atoms with Gasteiger partial charge in [-0.3, -0.25) is 0 Å². The lowest BCUT2D eigenvalue weighted by molar-refractivity contribution is 0.120. The van der Waals surface area contributed by atoms with E-state index in [9.17, 15) is 9.59 Å². The van der Waals surface area contributed by atoms with Gasteiger partial charge in [-0.15, -0.1) is 0 Å². The van der Waals surface area contributed by atoms with Crippen molar-refractivity contribution in [3.8, 4) is 0 Å². The van der Waals surface area contributed by atoms with Crippen molar-refractivity contribution in [2.24, 2.45) is 0 Å². The van der Waals surface area contributed by atoms with Gasteiger partial charge in [-0.25, -0.2) is 14.5 Å². The van der Waals surface area contributed by atoms with Gasteiger partial charge >= 0.3 is 12.2 Å². The van der Waals surface area contributed by atoms with Crippen LogP contribution in [0.2, 0.25) is 0 Å². The Hall–Kier alpha value is -2.04. The molecule has 0 atom stereocenters. The van der Waals surface area contributed by atoms with Gasteiger partial charge < -0.3 is 10.2 Å². The minimum absolute atomic E-state index is 0.147. The number of hydrogen-bond acceptors (Lipinski definition) is 2. The van der Waals surface area contributed by atoms with Gasteiger partial charge in [0.25, 0.3) is 0 Å². The van der Waals surface area contributed by atoms with Crippen LogP contribution >= 0.6 is 0 Å². The van der Waals surface area contributed by atoms with Crippen LogP contribution in [0.1, 0.15) is 5.56 Å². The molecule has 1 aromatic rings. The summed E-state index contributed by atoms with van der Waals surface area (Å²) in [6, 6.07) is 8.54. The summed E-state index contributed by atoms with van der Waals surface area (Å²) in [6.07, 6.45) is -2.94. The fraction of sp³-hybridized carbons (Fsp3) is 0.111. The van der Waals surface area contributed by atoms with Gasteiger partial charge in [0.05, 0.1) is 6.54 Å². The molecule has 0 aliphatic carbocycles. The standard InChI is InChI=1S/C9H9NO4/c11-8(12)10(9(13)14)6-7-4-2-1-3-5-7/h1-5H,6H2,(H,11,12)(H,13,14). The van der Waals surface area contributed by atoms with Crippen LogP contribution in [0.25, 0.3) is 0 Å². The summed E-state index contributed by atoms with van der Waals surface area (Å²) < 4.78 is 0. The Balaban J connectivity index is 2.75. The fourth-order valence-corrected chi connectivity index (χ4v) is 0.983. The second kappa shape index (κ2) is 4.27. The van der Waals surface area contributed by atoms with Crippen LogP contribution in [0.15, 0.2) is 30.3 Å². The van der Waals surface area contributed by atoms with Crippen molar-refractivity contribution in [2.75, 3.05) is 0 Å². The zero-order chi connectivity index (χ0) is 10.6. The predicted octanol–water partition coefficient (Wildman–Crippen LogP) is 1.84. The predicted molar refractivity (Wildman–Crippen MR) is 48.0 cm³/mol. The summed E-state index contributed by atoms with van der Waals surface area (Å²) in [6.45, 7) is -0.147. The molecular formula is C9H9NO4. The maximum Gasteiger partial charge on any atom is 0.417 e. The largest absolute Gasteiger partial charge is 0.465 e. The average Bonchev–Trinajstić information content (AvgIpc) is 2.15. The van der Waals surface area contributed by atoms with Gasteiger partial charge in [0.15, 0.2) is 0 Å². The van der Waals surface area contributed by atoms with E-state index in [2.05, 4.69) is 0 Å². The van der Waals surface area contributed by atoms with E-state index in [1.807, 2.05) is 0 Å². The molecule has 5 heteroatoms. The van der Waals surface area contributed by atoms with Crippen molar-refractivity contribution < 1.29 is 19.8 Å². The van der Waals surface area contributed by atoms with Crippen LogP contribution in [0, 0.1) is 0 Å².